The van der Waals surface area contributed by atoms with Crippen LogP contribution in [0.15, 0.2) is 0 Å². The fourth-order valence-electron chi connectivity index (χ4n) is 1.83. The summed E-state index contributed by atoms with van der Waals surface area (Å²) in [7, 11) is 0. The number of hydrogen-bond donors (Lipinski definition) is 2. The minimum atomic E-state index is -0.315. The first-order chi connectivity index (χ1) is 7.85. The maximum absolute atomic E-state index is 9.04. The standard InChI is InChI=1S/C13H28O4/c1-10(13(4,5)6-7-14)11(2)17-12(3)16-9-8-15/h10-12,14-15H,6-9H2,1-5H3. The zero-order chi connectivity index (χ0) is 13.5. The molecule has 0 aliphatic carbocycles. The van der Waals surface area contributed by atoms with E-state index < -0.39 is 0 Å². The van der Waals surface area contributed by atoms with Crippen molar-refractivity contribution < 1.29 is 19.7 Å². The molecule has 0 bridgehead atoms. The molecule has 0 saturated heterocycles. The monoisotopic (exact) mass is 248 g/mol. The van der Waals surface area contributed by atoms with E-state index in [9.17, 15) is 0 Å². The van der Waals surface area contributed by atoms with Crippen LogP contribution in [0.1, 0.15) is 41.0 Å². The molecule has 3 unspecified atom stereocenters. The van der Waals surface area contributed by atoms with Gasteiger partial charge in [0.15, 0.2) is 6.29 Å². The first kappa shape index (κ1) is 16.8. The average molecular weight is 248 g/mol. The van der Waals surface area contributed by atoms with E-state index in [1.807, 2.05) is 13.8 Å². The third-order valence-electron chi connectivity index (χ3n) is 3.54. The van der Waals surface area contributed by atoms with Crippen LogP contribution in [0.25, 0.3) is 0 Å². The van der Waals surface area contributed by atoms with E-state index >= 15 is 0 Å². The molecule has 3 atom stereocenters. The van der Waals surface area contributed by atoms with Crippen LogP contribution in [0.4, 0.5) is 0 Å². The maximum Gasteiger partial charge on any atom is 0.155 e. The number of hydrogen-bond acceptors (Lipinski definition) is 4. The van der Waals surface area contributed by atoms with E-state index in [1.165, 1.54) is 0 Å². The molecule has 0 aliphatic heterocycles. The number of aliphatic hydroxyl groups excluding tert-OH is 2. The molecule has 104 valence electrons. The number of aliphatic hydroxyl groups is 2. The van der Waals surface area contributed by atoms with Gasteiger partial charge in [0, 0.05) is 6.61 Å². The third-order valence-corrected chi connectivity index (χ3v) is 3.54. The van der Waals surface area contributed by atoms with Gasteiger partial charge in [-0.05, 0) is 31.6 Å². The van der Waals surface area contributed by atoms with Gasteiger partial charge in [0.1, 0.15) is 0 Å². The Bertz CT molecular complexity index is 194. The van der Waals surface area contributed by atoms with Crippen molar-refractivity contribution in [3.63, 3.8) is 0 Å². The molecule has 0 amide bonds. The predicted octanol–water partition coefficient (Wildman–Crippen LogP) is 1.79. The summed E-state index contributed by atoms with van der Waals surface area (Å²) in [5.41, 5.74) is 0.0326. The summed E-state index contributed by atoms with van der Waals surface area (Å²) in [6.45, 7) is 10.7. The van der Waals surface area contributed by atoms with Gasteiger partial charge in [-0.25, -0.2) is 0 Å². The summed E-state index contributed by atoms with van der Waals surface area (Å²) in [6, 6.07) is 0. The Morgan fingerprint density at radius 2 is 1.65 bits per heavy atom. The molecular weight excluding hydrogens is 220 g/mol. The van der Waals surface area contributed by atoms with Crippen LogP contribution in [0, 0.1) is 11.3 Å². The lowest BCUT2D eigenvalue weighted by atomic mass is 9.75. The van der Waals surface area contributed by atoms with Gasteiger partial charge in [-0.1, -0.05) is 20.8 Å². The second-order valence-corrected chi connectivity index (χ2v) is 5.25. The first-order valence-electron chi connectivity index (χ1n) is 6.34. The minimum absolute atomic E-state index is 0.00758. The van der Waals surface area contributed by atoms with Crippen molar-refractivity contribution in [3.8, 4) is 0 Å². The topological polar surface area (TPSA) is 58.9 Å². The molecule has 17 heavy (non-hydrogen) atoms. The van der Waals surface area contributed by atoms with Crippen LogP contribution in [0.3, 0.4) is 0 Å². The molecule has 0 saturated carbocycles. The van der Waals surface area contributed by atoms with E-state index in [2.05, 4.69) is 20.8 Å². The Labute approximate surface area is 105 Å². The molecule has 0 heterocycles. The highest BCUT2D eigenvalue weighted by Gasteiger charge is 2.30. The summed E-state index contributed by atoms with van der Waals surface area (Å²) in [5.74, 6) is 0.315. The molecule has 0 spiro atoms. The average Bonchev–Trinajstić information content (AvgIpc) is 2.25. The second-order valence-electron chi connectivity index (χ2n) is 5.25. The van der Waals surface area contributed by atoms with Crippen LogP contribution < -0.4 is 0 Å². The fourth-order valence-corrected chi connectivity index (χ4v) is 1.83. The van der Waals surface area contributed by atoms with Crippen LogP contribution in [-0.4, -0.2) is 42.4 Å². The van der Waals surface area contributed by atoms with E-state index in [0.29, 0.717) is 12.5 Å². The molecule has 0 aromatic carbocycles. The highest BCUT2D eigenvalue weighted by Crippen LogP contribution is 2.33. The van der Waals surface area contributed by atoms with Crippen molar-refractivity contribution in [2.75, 3.05) is 19.8 Å². The Kier molecular flexibility index (Phi) is 7.96. The quantitative estimate of drug-likeness (QED) is 0.611. The summed E-state index contributed by atoms with van der Waals surface area (Å²) < 4.78 is 11.0. The Morgan fingerprint density at radius 3 is 2.12 bits per heavy atom. The number of ether oxygens (including phenoxy) is 2. The van der Waals surface area contributed by atoms with Crippen molar-refractivity contribution in [2.45, 2.75) is 53.4 Å². The highest BCUT2D eigenvalue weighted by atomic mass is 16.7. The first-order valence-corrected chi connectivity index (χ1v) is 6.34. The smallest absolute Gasteiger partial charge is 0.155 e. The van der Waals surface area contributed by atoms with Crippen molar-refractivity contribution in [2.24, 2.45) is 11.3 Å². The van der Waals surface area contributed by atoms with Crippen molar-refractivity contribution in [1.29, 1.82) is 0 Å². The van der Waals surface area contributed by atoms with Gasteiger partial charge in [0.25, 0.3) is 0 Å². The van der Waals surface area contributed by atoms with Gasteiger partial charge in [-0.3, -0.25) is 0 Å². The molecule has 4 nitrogen and oxygen atoms in total. The van der Waals surface area contributed by atoms with Gasteiger partial charge in [0.05, 0.1) is 19.3 Å². The van der Waals surface area contributed by atoms with Crippen LogP contribution >= 0.6 is 0 Å². The van der Waals surface area contributed by atoms with Crippen LogP contribution in [0.5, 0.6) is 0 Å². The Hall–Kier alpha value is -0.160. The third kappa shape index (κ3) is 6.36. The molecule has 0 rings (SSSR count). The van der Waals surface area contributed by atoms with Crippen molar-refractivity contribution >= 4 is 0 Å². The lowest BCUT2D eigenvalue weighted by Gasteiger charge is -2.36. The van der Waals surface area contributed by atoms with Crippen LogP contribution in [0.2, 0.25) is 0 Å². The van der Waals surface area contributed by atoms with Crippen molar-refractivity contribution in [1.82, 2.24) is 0 Å². The van der Waals surface area contributed by atoms with E-state index in [4.69, 9.17) is 19.7 Å². The summed E-state index contributed by atoms with van der Waals surface area (Å²) in [4.78, 5) is 0. The van der Waals surface area contributed by atoms with Gasteiger partial charge >= 0.3 is 0 Å². The molecule has 0 aliphatic rings. The van der Waals surface area contributed by atoms with Crippen molar-refractivity contribution in [3.05, 3.63) is 0 Å². The molecule has 4 heteroatoms. The highest BCUT2D eigenvalue weighted by molar-refractivity contribution is 4.79. The maximum atomic E-state index is 9.04. The zero-order valence-electron chi connectivity index (χ0n) is 11.8. The summed E-state index contributed by atoms with van der Waals surface area (Å²) in [5, 5.41) is 17.7. The zero-order valence-corrected chi connectivity index (χ0v) is 11.8. The normalized spacial score (nSPS) is 17.8. The predicted molar refractivity (Wildman–Crippen MR) is 67.7 cm³/mol. The summed E-state index contributed by atoms with van der Waals surface area (Å²) in [6.07, 6.45) is 0.489. The Morgan fingerprint density at radius 1 is 1.06 bits per heavy atom. The molecular formula is C13H28O4. The van der Waals surface area contributed by atoms with Gasteiger partial charge < -0.3 is 19.7 Å². The molecule has 0 radical (unpaired) electrons. The molecule has 0 aromatic heterocycles. The largest absolute Gasteiger partial charge is 0.396 e. The Balaban J connectivity index is 4.15. The van der Waals surface area contributed by atoms with Gasteiger partial charge in [-0.2, -0.15) is 0 Å². The van der Waals surface area contributed by atoms with E-state index in [1.54, 1.807) is 0 Å². The summed E-state index contributed by atoms with van der Waals surface area (Å²) >= 11 is 0. The van der Waals surface area contributed by atoms with Crippen LogP contribution in [-0.2, 0) is 9.47 Å². The van der Waals surface area contributed by atoms with Gasteiger partial charge in [0.2, 0.25) is 0 Å². The second kappa shape index (κ2) is 8.03. The lowest BCUT2D eigenvalue weighted by molar-refractivity contribution is -0.178. The minimum Gasteiger partial charge on any atom is -0.396 e. The molecule has 0 fully saturated rings. The number of rotatable bonds is 9. The lowest BCUT2D eigenvalue weighted by Crippen LogP contribution is -2.35. The molecule has 2 N–H and O–H groups in total. The SMILES string of the molecule is CC(OCCO)OC(C)C(C)C(C)(C)CCO. The van der Waals surface area contributed by atoms with Gasteiger partial charge in [-0.15, -0.1) is 0 Å². The molecule has 0 aromatic rings. The van der Waals surface area contributed by atoms with E-state index in [0.717, 1.165) is 6.42 Å². The fraction of sp³-hybridized carbons (Fsp3) is 1.00. The van der Waals surface area contributed by atoms with E-state index in [-0.39, 0.29) is 31.0 Å².